The standard InChI is InChI=1S/C16H24BrClS/c1-3-9-16(12-17,10-4-2)13-19-11-14-7-5-6-8-15(14)18/h5-8H,3-4,9-13H2,1-2H3. The molecule has 0 saturated carbocycles. The van der Waals surface area contributed by atoms with Crippen LogP contribution in [0.2, 0.25) is 5.02 Å². The van der Waals surface area contributed by atoms with Crippen LogP contribution in [0.1, 0.15) is 45.1 Å². The second kappa shape index (κ2) is 9.31. The van der Waals surface area contributed by atoms with E-state index in [0.29, 0.717) is 5.41 Å². The van der Waals surface area contributed by atoms with Gasteiger partial charge in [-0.15, -0.1) is 0 Å². The van der Waals surface area contributed by atoms with Gasteiger partial charge in [-0.1, -0.05) is 72.4 Å². The normalized spacial score (nSPS) is 11.8. The minimum atomic E-state index is 0.454. The first-order chi connectivity index (χ1) is 9.17. The molecule has 0 bridgehead atoms. The van der Waals surface area contributed by atoms with Crippen molar-refractivity contribution >= 4 is 39.3 Å². The molecule has 0 aliphatic rings. The molecule has 0 radical (unpaired) electrons. The Bertz CT molecular complexity index is 362. The summed E-state index contributed by atoms with van der Waals surface area (Å²) < 4.78 is 0. The molecule has 0 nitrogen and oxygen atoms in total. The molecule has 0 fully saturated rings. The minimum Gasteiger partial charge on any atom is -0.157 e. The van der Waals surface area contributed by atoms with E-state index in [4.69, 9.17) is 11.6 Å². The Morgan fingerprint density at radius 3 is 2.32 bits per heavy atom. The number of rotatable bonds is 9. The van der Waals surface area contributed by atoms with Crippen LogP contribution in [-0.2, 0) is 5.75 Å². The maximum Gasteiger partial charge on any atom is 0.0446 e. The third-order valence-electron chi connectivity index (χ3n) is 3.47. The van der Waals surface area contributed by atoms with Crippen molar-refractivity contribution in [1.29, 1.82) is 0 Å². The zero-order valence-corrected chi connectivity index (χ0v) is 15.1. The van der Waals surface area contributed by atoms with Crippen molar-refractivity contribution < 1.29 is 0 Å². The lowest BCUT2D eigenvalue weighted by atomic mass is 9.83. The first kappa shape index (κ1) is 17.4. The van der Waals surface area contributed by atoms with Crippen LogP contribution in [0.25, 0.3) is 0 Å². The highest BCUT2D eigenvalue weighted by Gasteiger charge is 2.26. The fourth-order valence-corrected chi connectivity index (χ4v) is 5.20. The number of alkyl halides is 1. The van der Waals surface area contributed by atoms with E-state index in [1.165, 1.54) is 37.0 Å². The van der Waals surface area contributed by atoms with E-state index >= 15 is 0 Å². The summed E-state index contributed by atoms with van der Waals surface area (Å²) in [6.07, 6.45) is 5.14. The molecule has 0 atom stereocenters. The van der Waals surface area contributed by atoms with Crippen LogP contribution < -0.4 is 0 Å². The van der Waals surface area contributed by atoms with Crippen molar-refractivity contribution in [2.24, 2.45) is 5.41 Å². The van der Waals surface area contributed by atoms with Gasteiger partial charge in [-0.05, 0) is 29.9 Å². The van der Waals surface area contributed by atoms with Crippen molar-refractivity contribution in [2.75, 3.05) is 11.1 Å². The molecule has 0 N–H and O–H groups in total. The number of hydrogen-bond donors (Lipinski definition) is 0. The Labute approximate surface area is 135 Å². The summed E-state index contributed by atoms with van der Waals surface area (Å²) in [6.45, 7) is 4.57. The molecule has 1 aromatic carbocycles. The summed E-state index contributed by atoms with van der Waals surface area (Å²) >= 11 is 12.0. The Kier molecular flexibility index (Phi) is 8.52. The van der Waals surface area contributed by atoms with Crippen molar-refractivity contribution in [3.63, 3.8) is 0 Å². The van der Waals surface area contributed by atoms with Crippen molar-refractivity contribution in [3.8, 4) is 0 Å². The summed E-state index contributed by atoms with van der Waals surface area (Å²) in [7, 11) is 0. The van der Waals surface area contributed by atoms with Gasteiger partial charge in [-0.25, -0.2) is 0 Å². The highest BCUT2D eigenvalue weighted by Crippen LogP contribution is 2.37. The second-order valence-electron chi connectivity index (χ2n) is 5.22. The molecule has 3 heteroatoms. The molecular weight excluding hydrogens is 340 g/mol. The molecule has 19 heavy (non-hydrogen) atoms. The summed E-state index contributed by atoms with van der Waals surface area (Å²) in [5.41, 5.74) is 1.71. The Morgan fingerprint density at radius 2 is 1.79 bits per heavy atom. The first-order valence-electron chi connectivity index (χ1n) is 7.04. The van der Waals surface area contributed by atoms with Crippen LogP contribution in [0.5, 0.6) is 0 Å². The fourth-order valence-electron chi connectivity index (χ4n) is 2.50. The van der Waals surface area contributed by atoms with Crippen LogP contribution >= 0.6 is 39.3 Å². The fraction of sp³-hybridized carbons (Fsp3) is 0.625. The van der Waals surface area contributed by atoms with E-state index in [1.807, 2.05) is 23.9 Å². The van der Waals surface area contributed by atoms with Gasteiger partial charge in [-0.2, -0.15) is 11.8 Å². The van der Waals surface area contributed by atoms with Gasteiger partial charge in [0.05, 0.1) is 0 Å². The lowest BCUT2D eigenvalue weighted by Crippen LogP contribution is -2.25. The molecule has 0 unspecified atom stereocenters. The highest BCUT2D eigenvalue weighted by atomic mass is 79.9. The molecule has 0 spiro atoms. The average molecular weight is 364 g/mol. The molecule has 0 aliphatic carbocycles. The third-order valence-corrected chi connectivity index (χ3v) is 6.36. The first-order valence-corrected chi connectivity index (χ1v) is 9.70. The summed E-state index contributed by atoms with van der Waals surface area (Å²) in [6, 6.07) is 8.17. The average Bonchev–Trinajstić information content (AvgIpc) is 2.41. The molecule has 1 rings (SSSR count). The van der Waals surface area contributed by atoms with Gasteiger partial charge in [0.25, 0.3) is 0 Å². The van der Waals surface area contributed by atoms with Crippen LogP contribution in [0.3, 0.4) is 0 Å². The van der Waals surface area contributed by atoms with E-state index in [2.05, 4.69) is 41.9 Å². The zero-order valence-electron chi connectivity index (χ0n) is 11.9. The summed E-state index contributed by atoms with van der Waals surface area (Å²) in [5.74, 6) is 2.23. The van der Waals surface area contributed by atoms with Crippen LogP contribution in [0, 0.1) is 5.41 Å². The van der Waals surface area contributed by atoms with Crippen LogP contribution in [0.15, 0.2) is 24.3 Å². The Morgan fingerprint density at radius 1 is 1.16 bits per heavy atom. The second-order valence-corrected chi connectivity index (χ2v) is 7.17. The monoisotopic (exact) mass is 362 g/mol. The zero-order chi connectivity index (χ0) is 14.1. The molecule has 0 saturated heterocycles. The predicted molar refractivity (Wildman–Crippen MR) is 93.7 cm³/mol. The maximum atomic E-state index is 6.21. The van der Waals surface area contributed by atoms with Gasteiger partial charge in [0.15, 0.2) is 0 Å². The highest BCUT2D eigenvalue weighted by molar-refractivity contribution is 9.09. The van der Waals surface area contributed by atoms with Crippen LogP contribution in [-0.4, -0.2) is 11.1 Å². The number of benzene rings is 1. The van der Waals surface area contributed by atoms with E-state index in [0.717, 1.165) is 16.1 Å². The quantitative estimate of drug-likeness (QED) is 0.448. The van der Waals surface area contributed by atoms with Crippen molar-refractivity contribution in [1.82, 2.24) is 0 Å². The Hall–Kier alpha value is 0.340. The van der Waals surface area contributed by atoms with Crippen molar-refractivity contribution in [2.45, 2.75) is 45.3 Å². The van der Waals surface area contributed by atoms with E-state index in [1.54, 1.807) is 0 Å². The van der Waals surface area contributed by atoms with Gasteiger partial charge in [0.1, 0.15) is 0 Å². The smallest absolute Gasteiger partial charge is 0.0446 e. The van der Waals surface area contributed by atoms with Gasteiger partial charge in [0.2, 0.25) is 0 Å². The number of hydrogen-bond acceptors (Lipinski definition) is 1. The van der Waals surface area contributed by atoms with Gasteiger partial charge < -0.3 is 0 Å². The Balaban J connectivity index is 2.54. The van der Waals surface area contributed by atoms with E-state index in [-0.39, 0.29) is 0 Å². The predicted octanol–water partition coefficient (Wildman–Crippen LogP) is 6.55. The van der Waals surface area contributed by atoms with Gasteiger partial charge in [0, 0.05) is 21.9 Å². The lowest BCUT2D eigenvalue weighted by molar-refractivity contribution is 0.320. The van der Waals surface area contributed by atoms with Crippen LogP contribution in [0.4, 0.5) is 0 Å². The molecule has 0 heterocycles. The van der Waals surface area contributed by atoms with Crippen molar-refractivity contribution in [3.05, 3.63) is 34.9 Å². The molecule has 1 aromatic rings. The van der Waals surface area contributed by atoms with E-state index in [9.17, 15) is 0 Å². The van der Waals surface area contributed by atoms with E-state index < -0.39 is 0 Å². The maximum absolute atomic E-state index is 6.21. The summed E-state index contributed by atoms with van der Waals surface area (Å²) in [4.78, 5) is 0. The molecule has 0 amide bonds. The molecule has 0 aromatic heterocycles. The number of halogens is 2. The topological polar surface area (TPSA) is 0 Å². The lowest BCUT2D eigenvalue weighted by Gasteiger charge is -2.31. The SMILES string of the molecule is CCCC(CBr)(CCC)CSCc1ccccc1Cl. The minimum absolute atomic E-state index is 0.454. The number of thioether (sulfide) groups is 1. The molecular formula is C16H24BrClS. The third kappa shape index (κ3) is 5.69. The van der Waals surface area contributed by atoms with Gasteiger partial charge >= 0.3 is 0 Å². The molecule has 0 aliphatic heterocycles. The largest absolute Gasteiger partial charge is 0.157 e. The molecule has 108 valence electrons. The summed E-state index contributed by atoms with van der Waals surface area (Å²) in [5, 5.41) is 2.00. The van der Waals surface area contributed by atoms with Gasteiger partial charge in [-0.3, -0.25) is 0 Å².